The third-order valence-electron chi connectivity index (χ3n) is 5.34. The van der Waals surface area contributed by atoms with Gasteiger partial charge in [0.2, 0.25) is 12.5 Å². The highest BCUT2D eigenvalue weighted by Gasteiger charge is 2.39. The second-order valence-corrected chi connectivity index (χ2v) is 8.63. The fourth-order valence-corrected chi connectivity index (χ4v) is 3.61. The normalized spacial score (nSPS) is 13.6. The van der Waals surface area contributed by atoms with Gasteiger partial charge in [0.1, 0.15) is 12.6 Å². The molecule has 1 aromatic heterocycles. The Morgan fingerprint density at radius 1 is 1.13 bits per heavy atom. The molecular formula is C22H18ClF6N5O5. The van der Waals surface area contributed by atoms with Crippen LogP contribution < -0.4 is 11.0 Å². The molecule has 10 nitrogen and oxygen atoms in total. The van der Waals surface area contributed by atoms with E-state index >= 15 is 0 Å². The van der Waals surface area contributed by atoms with Crippen LogP contribution in [0.4, 0.5) is 26.3 Å². The number of benzene rings is 2. The molecule has 3 rings (SSSR count). The SMILES string of the molecule is O=C(Cn1nc(-c2ccc(Cl)cc2)n(C[C@H](O)C(F)(F)F)c1=O)NC(C[N+](=O)[O-])c1cccc(C(F)(F)F)c1. The predicted molar refractivity (Wildman–Crippen MR) is 123 cm³/mol. The molecule has 0 aliphatic rings. The van der Waals surface area contributed by atoms with Crippen LogP contribution in [0, 0.1) is 10.1 Å². The molecular weight excluding hydrogens is 564 g/mol. The number of carbonyl (C=O) groups is 1. The predicted octanol–water partition coefficient (Wildman–Crippen LogP) is 3.44. The van der Waals surface area contributed by atoms with Crippen molar-refractivity contribution in [2.24, 2.45) is 0 Å². The minimum Gasteiger partial charge on any atom is -0.382 e. The molecule has 0 saturated carbocycles. The first-order valence-corrected chi connectivity index (χ1v) is 11.2. The number of hydrogen-bond donors (Lipinski definition) is 2. The third kappa shape index (κ3) is 7.57. The highest BCUT2D eigenvalue weighted by Crippen LogP contribution is 2.31. The summed E-state index contributed by atoms with van der Waals surface area (Å²) in [5, 5.41) is 26.9. The zero-order valence-corrected chi connectivity index (χ0v) is 20.2. The van der Waals surface area contributed by atoms with Gasteiger partial charge in [-0.05, 0) is 42.0 Å². The largest absolute Gasteiger partial charge is 0.416 e. The van der Waals surface area contributed by atoms with Gasteiger partial charge in [0.15, 0.2) is 11.9 Å². The van der Waals surface area contributed by atoms with Gasteiger partial charge in [-0.15, -0.1) is 5.10 Å². The molecule has 2 aromatic carbocycles. The van der Waals surface area contributed by atoms with E-state index < -0.39 is 66.2 Å². The van der Waals surface area contributed by atoms with Gasteiger partial charge in [-0.1, -0.05) is 23.7 Å². The summed E-state index contributed by atoms with van der Waals surface area (Å²) in [7, 11) is 0. The van der Waals surface area contributed by atoms with E-state index in [4.69, 9.17) is 11.6 Å². The molecule has 0 bridgehead atoms. The first-order chi connectivity index (χ1) is 18.1. The number of nitrogens with one attached hydrogen (secondary N) is 1. The number of carbonyl (C=O) groups excluding carboxylic acids is 1. The summed E-state index contributed by atoms with van der Waals surface area (Å²) >= 11 is 5.81. The van der Waals surface area contributed by atoms with Gasteiger partial charge in [0, 0.05) is 15.5 Å². The molecule has 1 amide bonds. The van der Waals surface area contributed by atoms with Crippen LogP contribution in [-0.2, 0) is 24.1 Å². The number of amides is 1. The second-order valence-electron chi connectivity index (χ2n) is 8.20. The van der Waals surface area contributed by atoms with Crippen LogP contribution in [0.1, 0.15) is 17.2 Å². The fraction of sp³-hybridized carbons (Fsp3) is 0.318. The van der Waals surface area contributed by atoms with E-state index in [-0.39, 0.29) is 22.0 Å². The molecule has 39 heavy (non-hydrogen) atoms. The van der Waals surface area contributed by atoms with Gasteiger partial charge < -0.3 is 10.4 Å². The van der Waals surface area contributed by atoms with E-state index in [1.807, 2.05) is 0 Å². The lowest BCUT2D eigenvalue weighted by Crippen LogP contribution is -2.40. The Hall–Kier alpha value is -3.92. The topological polar surface area (TPSA) is 132 Å². The van der Waals surface area contributed by atoms with Crippen molar-refractivity contribution in [2.75, 3.05) is 6.54 Å². The highest BCUT2D eigenvalue weighted by atomic mass is 35.5. The Morgan fingerprint density at radius 2 is 1.77 bits per heavy atom. The van der Waals surface area contributed by atoms with Crippen molar-refractivity contribution in [1.82, 2.24) is 19.7 Å². The minimum absolute atomic E-state index is 0.111. The number of hydrogen-bond acceptors (Lipinski definition) is 6. The van der Waals surface area contributed by atoms with Crippen molar-refractivity contribution in [3.05, 3.63) is 85.3 Å². The Labute approximate surface area is 219 Å². The molecule has 2 N–H and O–H groups in total. The smallest absolute Gasteiger partial charge is 0.382 e. The highest BCUT2D eigenvalue weighted by molar-refractivity contribution is 6.30. The zero-order valence-electron chi connectivity index (χ0n) is 19.4. The van der Waals surface area contributed by atoms with E-state index in [1.165, 1.54) is 24.3 Å². The van der Waals surface area contributed by atoms with Gasteiger partial charge in [0.05, 0.1) is 12.1 Å². The number of nitrogens with zero attached hydrogens (tertiary/aromatic N) is 4. The van der Waals surface area contributed by atoms with Crippen molar-refractivity contribution >= 4 is 17.5 Å². The number of aromatic nitrogens is 3. The Balaban J connectivity index is 1.93. The van der Waals surface area contributed by atoms with Crippen molar-refractivity contribution in [1.29, 1.82) is 0 Å². The maximum absolute atomic E-state index is 13.1. The summed E-state index contributed by atoms with van der Waals surface area (Å²) in [6, 6.07) is 7.29. The van der Waals surface area contributed by atoms with E-state index in [9.17, 15) is 51.2 Å². The number of aliphatic hydroxyl groups is 1. The molecule has 0 spiro atoms. The first-order valence-electron chi connectivity index (χ1n) is 10.8. The molecule has 0 saturated heterocycles. The molecule has 1 unspecified atom stereocenters. The lowest BCUT2D eigenvalue weighted by atomic mass is 10.0. The van der Waals surface area contributed by atoms with Crippen molar-refractivity contribution in [3.63, 3.8) is 0 Å². The summed E-state index contributed by atoms with van der Waals surface area (Å²) in [4.78, 5) is 35.8. The quantitative estimate of drug-likeness (QED) is 0.226. The number of nitro groups is 1. The van der Waals surface area contributed by atoms with E-state index in [1.54, 1.807) is 0 Å². The van der Waals surface area contributed by atoms with Gasteiger partial charge in [-0.2, -0.15) is 26.3 Å². The maximum Gasteiger partial charge on any atom is 0.416 e. The molecule has 1 heterocycles. The molecule has 0 aliphatic carbocycles. The molecule has 3 aromatic rings. The lowest BCUT2D eigenvalue weighted by Gasteiger charge is -2.17. The number of aliphatic hydroxyl groups excluding tert-OH is 1. The minimum atomic E-state index is -5.09. The van der Waals surface area contributed by atoms with Gasteiger partial charge in [-0.3, -0.25) is 19.5 Å². The molecule has 0 aliphatic heterocycles. The summed E-state index contributed by atoms with van der Waals surface area (Å²) in [6.07, 6.45) is -12.8. The maximum atomic E-state index is 13.1. The van der Waals surface area contributed by atoms with E-state index in [0.29, 0.717) is 15.3 Å². The van der Waals surface area contributed by atoms with Crippen LogP contribution in [0.2, 0.25) is 5.02 Å². The van der Waals surface area contributed by atoms with Crippen LogP contribution in [0.15, 0.2) is 53.3 Å². The average molecular weight is 582 g/mol. The van der Waals surface area contributed by atoms with E-state index in [2.05, 4.69) is 10.4 Å². The monoisotopic (exact) mass is 581 g/mol. The zero-order chi connectivity index (χ0) is 29.1. The van der Waals surface area contributed by atoms with Crippen molar-refractivity contribution < 1.29 is 41.2 Å². The van der Waals surface area contributed by atoms with Crippen LogP contribution in [0.25, 0.3) is 11.4 Å². The summed E-state index contributed by atoms with van der Waals surface area (Å²) in [5.41, 5.74) is -2.49. The Morgan fingerprint density at radius 3 is 2.33 bits per heavy atom. The standard InChI is InChI=1S/C22H18ClF6N5O5/c23-15-6-4-12(5-7-15)19-31-33(20(37)32(19)10-17(35)22(27,28)29)11-18(36)30-16(9-34(38)39)13-2-1-3-14(8-13)21(24,25)26/h1-8,16-17,35H,9-11H2,(H,30,36)/t16?,17-/m0/s1. The summed E-state index contributed by atoms with van der Waals surface area (Å²) < 4.78 is 79.2. The third-order valence-corrected chi connectivity index (χ3v) is 5.59. The van der Waals surface area contributed by atoms with Crippen LogP contribution in [0.3, 0.4) is 0 Å². The Bertz CT molecular complexity index is 1400. The average Bonchev–Trinajstić information content (AvgIpc) is 3.12. The molecule has 0 fully saturated rings. The van der Waals surface area contributed by atoms with Crippen molar-refractivity contribution in [3.8, 4) is 11.4 Å². The van der Waals surface area contributed by atoms with Crippen LogP contribution >= 0.6 is 11.6 Å². The van der Waals surface area contributed by atoms with Gasteiger partial charge >= 0.3 is 18.0 Å². The Kier molecular flexibility index (Phi) is 8.70. The summed E-state index contributed by atoms with van der Waals surface area (Å²) in [6.45, 7) is -3.23. The van der Waals surface area contributed by atoms with Gasteiger partial charge in [-0.25, -0.2) is 9.48 Å². The lowest BCUT2D eigenvalue weighted by molar-refractivity contribution is -0.484. The molecule has 2 atom stereocenters. The fourth-order valence-electron chi connectivity index (χ4n) is 3.49. The van der Waals surface area contributed by atoms with Crippen LogP contribution in [-0.4, -0.2) is 49.1 Å². The van der Waals surface area contributed by atoms with E-state index in [0.717, 1.165) is 18.2 Å². The molecule has 0 radical (unpaired) electrons. The van der Waals surface area contributed by atoms with Crippen LogP contribution in [0.5, 0.6) is 0 Å². The van der Waals surface area contributed by atoms with Crippen molar-refractivity contribution in [2.45, 2.75) is 37.6 Å². The van der Waals surface area contributed by atoms with Gasteiger partial charge in [0.25, 0.3) is 0 Å². The number of rotatable bonds is 9. The molecule has 17 heteroatoms. The molecule has 210 valence electrons. The first kappa shape index (κ1) is 29.6. The summed E-state index contributed by atoms with van der Waals surface area (Å²) in [5.74, 6) is -1.46. The number of alkyl halides is 6. The number of halogens is 7. The second kappa shape index (κ2) is 11.4.